The number of halogens is 3. The Balaban J connectivity index is 1.17. The lowest BCUT2D eigenvalue weighted by Crippen LogP contribution is -2.55. The number of aromatic nitrogens is 6. The number of nitrogens with zero attached hydrogens (tertiary/aromatic N) is 10. The first-order chi connectivity index (χ1) is 25.2. The molecule has 15 heteroatoms. The highest BCUT2D eigenvalue weighted by Crippen LogP contribution is 2.41. The van der Waals surface area contributed by atoms with E-state index in [1.807, 2.05) is 17.0 Å². The lowest BCUT2D eigenvalue weighted by Gasteiger charge is -2.41. The van der Waals surface area contributed by atoms with E-state index in [0.717, 1.165) is 30.8 Å². The average Bonchev–Trinajstić information content (AvgIpc) is 3.82. The first-order valence-electron chi connectivity index (χ1n) is 17.2. The third-order valence-electron chi connectivity index (χ3n) is 10.4. The topological polar surface area (TPSA) is 129 Å². The van der Waals surface area contributed by atoms with E-state index in [1.165, 1.54) is 17.3 Å². The monoisotopic (exact) mass is 708 g/mol. The predicted molar refractivity (Wildman–Crippen MR) is 187 cm³/mol. The summed E-state index contributed by atoms with van der Waals surface area (Å²) in [5, 5.41) is 15.2. The fourth-order valence-corrected chi connectivity index (χ4v) is 7.97. The molecule has 3 atom stereocenters. The van der Waals surface area contributed by atoms with Crippen molar-refractivity contribution >= 4 is 39.6 Å². The van der Waals surface area contributed by atoms with Crippen molar-refractivity contribution in [3.63, 3.8) is 0 Å². The Morgan fingerprint density at radius 3 is 2.83 bits per heavy atom. The number of amides is 1. The highest BCUT2D eigenvalue weighted by atomic mass is 19.1. The van der Waals surface area contributed by atoms with Gasteiger partial charge in [0.2, 0.25) is 0 Å². The van der Waals surface area contributed by atoms with Gasteiger partial charge in [0, 0.05) is 69.1 Å². The third kappa shape index (κ3) is 5.96. The van der Waals surface area contributed by atoms with Crippen LogP contribution in [0.1, 0.15) is 31.4 Å². The number of alkyl halides is 1. The molecule has 8 rings (SSSR count). The molecule has 0 spiro atoms. The molecule has 3 fully saturated rings. The standard InChI is InChI=1S/C37H35F3N10O2/c1-47-33-23(18-44-47)6-4-8-27(33)31-30(40)32-28(19-43-31)34(46-36(45-32)52-22-37-10-5-13-49(37)20-24(38)17-37)48-14-15-50(26(21-48)9-11-41)35(51)29(39)16-25-7-2-3-12-42-25/h2-4,6-8,12,16,18-19,24,26H,5,9-10,13-15,17,20-22H2,1H3/b29-16-/t24-,26+,37+/m1/s1. The summed E-state index contributed by atoms with van der Waals surface area (Å²) in [5.74, 6) is -2.24. The molecule has 1 amide bonds. The quantitative estimate of drug-likeness (QED) is 0.203. The molecule has 0 saturated carbocycles. The number of anilines is 1. The fraction of sp³-hybridized carbons (Fsp3) is 0.378. The molecule has 3 aliphatic heterocycles. The number of carbonyl (C=O) groups excluding carboxylic acids is 1. The van der Waals surface area contributed by atoms with Crippen molar-refractivity contribution < 1.29 is 22.7 Å². The number of benzene rings is 1. The minimum absolute atomic E-state index is 0.0283. The van der Waals surface area contributed by atoms with Gasteiger partial charge in [-0.1, -0.05) is 24.3 Å². The third-order valence-corrected chi connectivity index (χ3v) is 10.4. The van der Waals surface area contributed by atoms with Crippen LogP contribution in [0.25, 0.3) is 39.1 Å². The molecule has 4 aromatic heterocycles. The number of piperazine rings is 1. The Morgan fingerprint density at radius 1 is 1.12 bits per heavy atom. The maximum Gasteiger partial charge on any atom is 0.319 e. The van der Waals surface area contributed by atoms with E-state index in [2.05, 4.69) is 31.0 Å². The average molecular weight is 709 g/mol. The zero-order chi connectivity index (χ0) is 36.0. The molecular formula is C37H35F3N10O2. The molecule has 266 valence electrons. The van der Waals surface area contributed by atoms with Gasteiger partial charge in [-0.05, 0) is 31.5 Å². The molecule has 0 radical (unpaired) electrons. The van der Waals surface area contributed by atoms with Gasteiger partial charge in [0.05, 0.1) is 46.9 Å². The number of rotatable bonds is 8. The van der Waals surface area contributed by atoms with Crippen LogP contribution >= 0.6 is 0 Å². The van der Waals surface area contributed by atoms with Gasteiger partial charge in [0.25, 0.3) is 5.91 Å². The van der Waals surface area contributed by atoms with Crippen molar-refractivity contribution in [1.82, 2.24) is 39.5 Å². The van der Waals surface area contributed by atoms with Gasteiger partial charge in [-0.2, -0.15) is 20.3 Å². The predicted octanol–water partition coefficient (Wildman–Crippen LogP) is 5.01. The van der Waals surface area contributed by atoms with Crippen molar-refractivity contribution in [2.75, 3.05) is 44.2 Å². The van der Waals surface area contributed by atoms with Crippen molar-refractivity contribution in [1.29, 1.82) is 5.26 Å². The summed E-state index contributed by atoms with van der Waals surface area (Å²) < 4.78 is 54.5. The van der Waals surface area contributed by atoms with Gasteiger partial charge in [-0.25, -0.2) is 13.2 Å². The van der Waals surface area contributed by atoms with Crippen molar-refractivity contribution in [3.05, 3.63) is 72.3 Å². The van der Waals surface area contributed by atoms with E-state index in [0.29, 0.717) is 35.2 Å². The zero-order valence-corrected chi connectivity index (χ0v) is 28.4. The molecule has 52 heavy (non-hydrogen) atoms. The SMILES string of the molecule is Cn1ncc2cccc(-c3ncc4c(N5CCN(C(=O)/C(F)=C/c6ccccn6)[C@@H](CC#N)C5)nc(OC[C@@]56CCCN5C[C@H](F)C6)nc4c3F)c21. The number of pyridine rings is 2. The van der Waals surface area contributed by atoms with Crippen LogP contribution in [0.3, 0.4) is 0 Å². The number of carbonyl (C=O) groups is 1. The van der Waals surface area contributed by atoms with Crippen LogP contribution < -0.4 is 9.64 Å². The summed E-state index contributed by atoms with van der Waals surface area (Å²) in [7, 11) is 1.77. The number of hydrogen-bond acceptors (Lipinski definition) is 10. The molecule has 12 nitrogen and oxygen atoms in total. The molecule has 1 aromatic carbocycles. The van der Waals surface area contributed by atoms with Crippen LogP contribution in [0.2, 0.25) is 0 Å². The highest BCUT2D eigenvalue weighted by Gasteiger charge is 2.49. The number of hydrogen-bond donors (Lipinski definition) is 0. The molecule has 0 aliphatic carbocycles. The van der Waals surface area contributed by atoms with Crippen LogP contribution in [-0.2, 0) is 11.8 Å². The Labute approximate surface area is 297 Å². The smallest absolute Gasteiger partial charge is 0.319 e. The maximum absolute atomic E-state index is 16.8. The number of nitriles is 1. The number of fused-ring (bicyclic) bond motifs is 3. The minimum Gasteiger partial charge on any atom is -0.461 e. The second-order valence-corrected chi connectivity index (χ2v) is 13.6. The Morgan fingerprint density at radius 2 is 2.00 bits per heavy atom. The molecule has 3 saturated heterocycles. The molecule has 0 N–H and O–H groups in total. The van der Waals surface area contributed by atoms with Gasteiger partial charge in [-0.15, -0.1) is 0 Å². The van der Waals surface area contributed by atoms with E-state index >= 15 is 8.78 Å². The van der Waals surface area contributed by atoms with Crippen LogP contribution in [0.15, 0.2) is 60.8 Å². The number of aryl methyl sites for hydroxylation is 1. The lowest BCUT2D eigenvalue weighted by molar-refractivity contribution is -0.131. The Kier molecular flexibility index (Phi) is 8.70. The van der Waals surface area contributed by atoms with E-state index in [9.17, 15) is 14.4 Å². The summed E-state index contributed by atoms with van der Waals surface area (Å²) in [6, 6.07) is 11.7. The van der Waals surface area contributed by atoms with E-state index in [4.69, 9.17) is 9.72 Å². The Bertz CT molecular complexity index is 2240. The van der Waals surface area contributed by atoms with E-state index in [-0.39, 0.29) is 55.6 Å². The molecular weight excluding hydrogens is 673 g/mol. The molecule has 3 aliphatic rings. The first-order valence-corrected chi connectivity index (χ1v) is 17.2. The summed E-state index contributed by atoms with van der Waals surface area (Å²) in [6.45, 7) is 1.60. The van der Waals surface area contributed by atoms with Crippen LogP contribution in [0.5, 0.6) is 6.01 Å². The van der Waals surface area contributed by atoms with Crippen molar-refractivity contribution in [2.24, 2.45) is 7.05 Å². The number of para-hydroxylation sites is 1. The second kappa shape index (κ2) is 13.5. The van der Waals surface area contributed by atoms with Gasteiger partial charge >= 0.3 is 6.01 Å². The maximum atomic E-state index is 16.8. The van der Waals surface area contributed by atoms with Crippen molar-refractivity contribution in [2.45, 2.75) is 43.4 Å². The largest absolute Gasteiger partial charge is 0.461 e. The molecule has 7 heterocycles. The molecule has 0 unspecified atom stereocenters. The molecule has 0 bridgehead atoms. The normalized spacial score (nSPS) is 22.2. The van der Waals surface area contributed by atoms with Gasteiger partial charge in [-0.3, -0.25) is 24.3 Å². The fourth-order valence-electron chi connectivity index (χ4n) is 7.97. The van der Waals surface area contributed by atoms with E-state index < -0.39 is 35.3 Å². The molecule has 5 aromatic rings. The highest BCUT2D eigenvalue weighted by molar-refractivity contribution is 5.98. The van der Waals surface area contributed by atoms with E-state index in [1.54, 1.807) is 42.2 Å². The summed E-state index contributed by atoms with van der Waals surface area (Å²) >= 11 is 0. The summed E-state index contributed by atoms with van der Waals surface area (Å²) in [6.07, 6.45) is 6.75. The second-order valence-electron chi connectivity index (χ2n) is 13.6. The first kappa shape index (κ1) is 33.5. The van der Waals surface area contributed by atoms with Gasteiger partial charge in [0.15, 0.2) is 11.6 Å². The lowest BCUT2D eigenvalue weighted by atomic mass is 9.95. The summed E-state index contributed by atoms with van der Waals surface area (Å²) in [5.41, 5.74) is 1.07. The number of ether oxygens (including phenoxy) is 1. The Hall–Kier alpha value is -5.62. The van der Waals surface area contributed by atoms with Crippen LogP contribution in [0.4, 0.5) is 19.0 Å². The van der Waals surface area contributed by atoms with Gasteiger partial charge < -0.3 is 14.5 Å². The summed E-state index contributed by atoms with van der Waals surface area (Å²) in [4.78, 5) is 36.5. The minimum atomic E-state index is -0.997. The van der Waals surface area contributed by atoms with Gasteiger partial charge in [0.1, 0.15) is 29.8 Å². The van der Waals surface area contributed by atoms with Crippen molar-refractivity contribution in [3.8, 4) is 23.3 Å². The van der Waals surface area contributed by atoms with Crippen LogP contribution in [0, 0.1) is 17.1 Å². The van der Waals surface area contributed by atoms with Crippen LogP contribution in [-0.4, -0.2) is 103 Å². The zero-order valence-electron chi connectivity index (χ0n) is 28.4.